The van der Waals surface area contributed by atoms with Crippen molar-refractivity contribution in [2.75, 3.05) is 11.5 Å². The van der Waals surface area contributed by atoms with E-state index in [1.807, 2.05) is 36.3 Å². The highest BCUT2D eigenvalue weighted by molar-refractivity contribution is 7.99. The zero-order valence-corrected chi connectivity index (χ0v) is 8.89. The summed E-state index contributed by atoms with van der Waals surface area (Å²) in [6.07, 6.45) is 8.41. The molecule has 0 amide bonds. The molecule has 2 heteroatoms. The predicted molar refractivity (Wildman–Crippen MR) is 59.9 cm³/mol. The summed E-state index contributed by atoms with van der Waals surface area (Å²) in [5.74, 6) is 2.51. The summed E-state index contributed by atoms with van der Waals surface area (Å²) in [7, 11) is 0. The van der Waals surface area contributed by atoms with Crippen LogP contribution in [-0.2, 0) is 0 Å². The van der Waals surface area contributed by atoms with Crippen LogP contribution in [-0.4, -0.2) is 16.5 Å². The maximum atomic E-state index is 3.98. The van der Waals surface area contributed by atoms with Gasteiger partial charge >= 0.3 is 0 Å². The lowest BCUT2D eigenvalue weighted by Crippen LogP contribution is -1.85. The minimum absolute atomic E-state index is 1.18. The van der Waals surface area contributed by atoms with Gasteiger partial charge in [0.25, 0.3) is 0 Å². The van der Waals surface area contributed by atoms with Crippen LogP contribution in [0.3, 0.4) is 0 Å². The Morgan fingerprint density at radius 1 is 1.38 bits per heavy atom. The van der Waals surface area contributed by atoms with Gasteiger partial charge in [0.1, 0.15) is 0 Å². The lowest BCUT2D eigenvalue weighted by atomic mass is 10.1. The molecule has 0 aliphatic rings. The molecule has 1 rings (SSSR count). The summed E-state index contributed by atoms with van der Waals surface area (Å²) in [5, 5.41) is 0. The fraction of sp³-hybridized carbons (Fsp3) is 0.455. The molecular formula is C11H16NS. The van der Waals surface area contributed by atoms with Gasteiger partial charge in [0.05, 0.1) is 0 Å². The number of unbranched alkanes of at least 4 members (excludes halogenated alkanes) is 1. The third kappa shape index (κ3) is 4.94. The summed E-state index contributed by atoms with van der Waals surface area (Å²) in [6, 6.07) is 4.10. The number of hydrogen-bond acceptors (Lipinski definition) is 2. The fourth-order valence-electron chi connectivity index (χ4n) is 1.10. The van der Waals surface area contributed by atoms with Gasteiger partial charge in [-0.25, -0.2) is 0 Å². The average Bonchev–Trinajstić information content (AvgIpc) is 2.19. The minimum Gasteiger partial charge on any atom is -0.265 e. The van der Waals surface area contributed by atoms with Crippen LogP contribution >= 0.6 is 11.8 Å². The van der Waals surface area contributed by atoms with Crippen LogP contribution in [0, 0.1) is 6.42 Å². The summed E-state index contributed by atoms with van der Waals surface area (Å²) in [4.78, 5) is 3.98. The molecule has 1 radical (unpaired) electrons. The molecule has 0 aliphatic heterocycles. The number of aromatic nitrogens is 1. The quantitative estimate of drug-likeness (QED) is 0.645. The van der Waals surface area contributed by atoms with Gasteiger partial charge in [0, 0.05) is 12.4 Å². The van der Waals surface area contributed by atoms with Crippen molar-refractivity contribution in [1.29, 1.82) is 0 Å². The molecule has 1 aromatic rings. The first-order valence-electron chi connectivity index (χ1n) is 4.74. The monoisotopic (exact) mass is 194 g/mol. The van der Waals surface area contributed by atoms with Crippen molar-refractivity contribution in [3.05, 3.63) is 36.5 Å². The van der Waals surface area contributed by atoms with Gasteiger partial charge < -0.3 is 0 Å². The maximum absolute atomic E-state index is 3.98. The molecule has 1 nitrogen and oxygen atoms in total. The smallest absolute Gasteiger partial charge is 0.0270 e. The number of nitrogens with zero attached hydrogens (tertiary/aromatic N) is 1. The van der Waals surface area contributed by atoms with Crippen LogP contribution in [0.15, 0.2) is 24.5 Å². The fourth-order valence-corrected chi connectivity index (χ4v) is 1.76. The zero-order chi connectivity index (χ0) is 9.36. The van der Waals surface area contributed by atoms with Gasteiger partial charge in [0.15, 0.2) is 0 Å². The molecule has 0 fully saturated rings. The van der Waals surface area contributed by atoms with E-state index in [0.717, 1.165) is 0 Å². The zero-order valence-electron chi connectivity index (χ0n) is 8.07. The van der Waals surface area contributed by atoms with Crippen molar-refractivity contribution < 1.29 is 0 Å². The lowest BCUT2D eigenvalue weighted by molar-refractivity contribution is 0.923. The molecule has 0 atom stereocenters. The normalized spacial score (nSPS) is 10.2. The topological polar surface area (TPSA) is 12.9 Å². The molecule has 0 saturated carbocycles. The molecule has 0 aliphatic carbocycles. The van der Waals surface area contributed by atoms with Crippen molar-refractivity contribution >= 4 is 11.8 Å². The van der Waals surface area contributed by atoms with E-state index in [-0.39, 0.29) is 0 Å². The van der Waals surface area contributed by atoms with Crippen LogP contribution < -0.4 is 0 Å². The van der Waals surface area contributed by atoms with Gasteiger partial charge in [-0.1, -0.05) is 6.92 Å². The summed E-state index contributed by atoms with van der Waals surface area (Å²) >= 11 is 2.01. The third-order valence-corrected chi connectivity index (χ3v) is 2.77. The predicted octanol–water partition coefficient (Wildman–Crippen LogP) is 3.17. The molecule has 1 heterocycles. The Morgan fingerprint density at radius 3 is 2.85 bits per heavy atom. The molecular weight excluding hydrogens is 178 g/mol. The summed E-state index contributed by atoms with van der Waals surface area (Å²) in [5.41, 5.74) is 1.29. The second kappa shape index (κ2) is 6.96. The standard InChI is InChI=1S/C11H16NS/c1-2-13-10-4-3-5-11-6-8-12-9-7-11/h5-9H,2-4,10H2,1H3. The molecule has 0 spiro atoms. The molecule has 71 valence electrons. The maximum Gasteiger partial charge on any atom is 0.0270 e. The number of thioether (sulfide) groups is 1. The van der Waals surface area contributed by atoms with Crippen LogP contribution in [0.25, 0.3) is 0 Å². The Labute approximate surface area is 85.0 Å². The van der Waals surface area contributed by atoms with E-state index in [1.165, 1.54) is 29.9 Å². The second-order valence-corrected chi connectivity index (χ2v) is 4.22. The third-order valence-electron chi connectivity index (χ3n) is 1.78. The Kier molecular flexibility index (Phi) is 5.66. The highest BCUT2D eigenvalue weighted by Crippen LogP contribution is 2.09. The Morgan fingerprint density at radius 2 is 2.15 bits per heavy atom. The first-order valence-corrected chi connectivity index (χ1v) is 5.90. The highest BCUT2D eigenvalue weighted by atomic mass is 32.2. The summed E-state index contributed by atoms with van der Waals surface area (Å²) in [6.45, 7) is 2.21. The molecule has 0 bridgehead atoms. The molecule has 0 saturated heterocycles. The largest absolute Gasteiger partial charge is 0.265 e. The number of hydrogen-bond donors (Lipinski definition) is 0. The minimum atomic E-state index is 1.18. The Balaban J connectivity index is 2.07. The van der Waals surface area contributed by atoms with Gasteiger partial charge in [-0.15, -0.1) is 0 Å². The van der Waals surface area contributed by atoms with Gasteiger partial charge in [0.2, 0.25) is 0 Å². The molecule has 1 aromatic heterocycles. The van der Waals surface area contributed by atoms with E-state index in [4.69, 9.17) is 0 Å². The van der Waals surface area contributed by atoms with E-state index < -0.39 is 0 Å². The van der Waals surface area contributed by atoms with Gasteiger partial charge in [-0.3, -0.25) is 4.98 Å². The van der Waals surface area contributed by atoms with E-state index in [0.29, 0.717) is 0 Å². The number of rotatable bonds is 6. The van der Waals surface area contributed by atoms with E-state index in [1.54, 1.807) is 0 Å². The molecule has 13 heavy (non-hydrogen) atoms. The van der Waals surface area contributed by atoms with E-state index in [2.05, 4.69) is 18.3 Å². The lowest BCUT2D eigenvalue weighted by Gasteiger charge is -1.99. The van der Waals surface area contributed by atoms with E-state index >= 15 is 0 Å². The number of pyridine rings is 1. The Hall–Kier alpha value is -0.500. The molecule has 0 N–H and O–H groups in total. The molecule has 0 aromatic carbocycles. The van der Waals surface area contributed by atoms with Crippen LogP contribution in [0.4, 0.5) is 0 Å². The van der Waals surface area contributed by atoms with Crippen molar-refractivity contribution in [3.63, 3.8) is 0 Å². The van der Waals surface area contributed by atoms with Crippen LogP contribution in [0.1, 0.15) is 25.3 Å². The summed E-state index contributed by atoms with van der Waals surface area (Å²) < 4.78 is 0. The first kappa shape index (κ1) is 10.6. The average molecular weight is 194 g/mol. The van der Waals surface area contributed by atoms with Gasteiger partial charge in [-0.2, -0.15) is 11.8 Å². The van der Waals surface area contributed by atoms with Crippen molar-refractivity contribution in [2.24, 2.45) is 0 Å². The van der Waals surface area contributed by atoms with Crippen molar-refractivity contribution in [1.82, 2.24) is 4.98 Å². The van der Waals surface area contributed by atoms with E-state index in [9.17, 15) is 0 Å². The van der Waals surface area contributed by atoms with Gasteiger partial charge in [-0.05, 0) is 48.5 Å². The van der Waals surface area contributed by atoms with Crippen molar-refractivity contribution in [3.8, 4) is 0 Å². The van der Waals surface area contributed by atoms with Crippen LogP contribution in [0.2, 0.25) is 0 Å². The second-order valence-electron chi connectivity index (χ2n) is 2.82. The molecule has 0 unspecified atom stereocenters. The first-order chi connectivity index (χ1) is 6.43. The SMILES string of the molecule is CCSCCC[CH]c1ccncc1. The van der Waals surface area contributed by atoms with Crippen molar-refractivity contribution in [2.45, 2.75) is 19.8 Å². The highest BCUT2D eigenvalue weighted by Gasteiger charge is 1.92. The van der Waals surface area contributed by atoms with Crippen LogP contribution in [0.5, 0.6) is 0 Å². The Bertz CT molecular complexity index is 211.